The lowest BCUT2D eigenvalue weighted by molar-refractivity contribution is -0.130. The van der Waals surface area contributed by atoms with Crippen molar-refractivity contribution in [3.63, 3.8) is 0 Å². The SMILES string of the molecule is CCc1ccc(-c2nc(SCC(=O)N3CCN(Cc4ccccc4)CC3)n[nH]2)cc1. The maximum absolute atomic E-state index is 12.6. The molecule has 1 aliphatic heterocycles. The quantitative estimate of drug-likeness (QED) is 0.592. The number of nitrogens with zero attached hydrogens (tertiary/aromatic N) is 4. The van der Waals surface area contributed by atoms with Crippen LogP contribution in [0, 0.1) is 0 Å². The Labute approximate surface area is 181 Å². The molecule has 156 valence electrons. The van der Waals surface area contributed by atoms with E-state index in [0.717, 1.165) is 50.5 Å². The highest BCUT2D eigenvalue weighted by Gasteiger charge is 2.21. The molecule has 0 aliphatic carbocycles. The molecular formula is C23H27N5OS. The molecule has 0 spiro atoms. The third-order valence-electron chi connectivity index (χ3n) is 5.40. The van der Waals surface area contributed by atoms with Gasteiger partial charge in [-0.25, -0.2) is 4.98 Å². The van der Waals surface area contributed by atoms with Crippen LogP contribution in [0.2, 0.25) is 0 Å². The zero-order valence-corrected chi connectivity index (χ0v) is 18.1. The lowest BCUT2D eigenvalue weighted by Gasteiger charge is -2.34. The van der Waals surface area contributed by atoms with Crippen molar-refractivity contribution >= 4 is 17.7 Å². The van der Waals surface area contributed by atoms with Crippen molar-refractivity contribution in [2.45, 2.75) is 25.0 Å². The molecule has 4 rings (SSSR count). The smallest absolute Gasteiger partial charge is 0.233 e. The Morgan fingerprint density at radius 3 is 2.43 bits per heavy atom. The summed E-state index contributed by atoms with van der Waals surface area (Å²) < 4.78 is 0. The van der Waals surface area contributed by atoms with Gasteiger partial charge in [-0.15, -0.1) is 5.10 Å². The second-order valence-electron chi connectivity index (χ2n) is 7.45. The van der Waals surface area contributed by atoms with E-state index in [0.29, 0.717) is 10.9 Å². The second-order valence-corrected chi connectivity index (χ2v) is 8.39. The van der Waals surface area contributed by atoms with Crippen LogP contribution >= 0.6 is 11.8 Å². The van der Waals surface area contributed by atoms with E-state index >= 15 is 0 Å². The van der Waals surface area contributed by atoms with Gasteiger partial charge in [-0.2, -0.15) is 0 Å². The van der Waals surface area contributed by atoms with E-state index in [2.05, 4.69) is 63.4 Å². The van der Waals surface area contributed by atoms with Gasteiger partial charge in [-0.05, 0) is 17.5 Å². The number of H-pyrrole nitrogens is 1. The first-order valence-corrected chi connectivity index (χ1v) is 11.4. The normalized spacial score (nSPS) is 14.8. The molecule has 0 radical (unpaired) electrons. The summed E-state index contributed by atoms with van der Waals surface area (Å²) >= 11 is 1.39. The minimum absolute atomic E-state index is 0.151. The summed E-state index contributed by atoms with van der Waals surface area (Å²) in [6.07, 6.45) is 1.01. The number of hydrogen-bond donors (Lipinski definition) is 1. The van der Waals surface area contributed by atoms with E-state index in [9.17, 15) is 4.79 Å². The number of benzene rings is 2. The highest BCUT2D eigenvalue weighted by molar-refractivity contribution is 7.99. The van der Waals surface area contributed by atoms with Gasteiger partial charge in [0.05, 0.1) is 5.75 Å². The Morgan fingerprint density at radius 1 is 1.00 bits per heavy atom. The molecule has 1 fully saturated rings. The Hall–Kier alpha value is -2.64. The number of piperazine rings is 1. The molecule has 0 saturated carbocycles. The topological polar surface area (TPSA) is 65.1 Å². The summed E-state index contributed by atoms with van der Waals surface area (Å²) in [4.78, 5) is 21.5. The average molecular weight is 422 g/mol. The third-order valence-corrected chi connectivity index (χ3v) is 6.23. The molecule has 6 nitrogen and oxygen atoms in total. The number of nitrogens with one attached hydrogen (secondary N) is 1. The Morgan fingerprint density at radius 2 is 1.73 bits per heavy atom. The Bertz CT molecular complexity index is 949. The summed E-state index contributed by atoms with van der Waals surface area (Å²) in [5, 5.41) is 7.85. The van der Waals surface area contributed by atoms with Crippen molar-refractivity contribution in [1.82, 2.24) is 25.0 Å². The molecular weight excluding hydrogens is 394 g/mol. The number of hydrogen-bond acceptors (Lipinski definition) is 5. The van der Waals surface area contributed by atoms with Crippen LogP contribution in [0.3, 0.4) is 0 Å². The van der Waals surface area contributed by atoms with Gasteiger partial charge in [0.1, 0.15) is 0 Å². The first-order valence-electron chi connectivity index (χ1n) is 10.4. The minimum Gasteiger partial charge on any atom is -0.339 e. The predicted octanol–water partition coefficient (Wildman–Crippen LogP) is 3.47. The fraction of sp³-hybridized carbons (Fsp3) is 0.348. The first kappa shape index (κ1) is 20.6. The first-order chi connectivity index (χ1) is 14.7. The number of aromatic nitrogens is 3. The van der Waals surface area contributed by atoms with Crippen LogP contribution in [0.1, 0.15) is 18.1 Å². The number of aryl methyl sites for hydroxylation is 1. The molecule has 1 saturated heterocycles. The van der Waals surface area contributed by atoms with E-state index in [1.54, 1.807) is 0 Å². The van der Waals surface area contributed by atoms with E-state index in [1.807, 2.05) is 23.1 Å². The van der Waals surface area contributed by atoms with Crippen molar-refractivity contribution in [1.29, 1.82) is 0 Å². The largest absolute Gasteiger partial charge is 0.339 e. The van der Waals surface area contributed by atoms with Crippen LogP contribution in [0.25, 0.3) is 11.4 Å². The van der Waals surface area contributed by atoms with Gasteiger partial charge in [0, 0.05) is 38.3 Å². The van der Waals surface area contributed by atoms with E-state index in [4.69, 9.17) is 0 Å². The van der Waals surface area contributed by atoms with Gasteiger partial charge in [-0.3, -0.25) is 14.8 Å². The summed E-state index contributed by atoms with van der Waals surface area (Å²) in [6.45, 7) is 6.44. The molecule has 1 amide bonds. The van der Waals surface area contributed by atoms with E-state index in [1.165, 1.54) is 22.9 Å². The molecule has 0 unspecified atom stereocenters. The summed E-state index contributed by atoms with van der Waals surface area (Å²) in [5.41, 5.74) is 3.62. The van der Waals surface area contributed by atoms with Gasteiger partial charge in [-0.1, -0.05) is 73.3 Å². The van der Waals surface area contributed by atoms with Gasteiger partial charge < -0.3 is 4.90 Å². The molecule has 0 atom stereocenters. The standard InChI is InChI=1S/C23H27N5OS/c1-2-18-8-10-20(11-9-18)22-24-23(26-25-22)30-17-21(29)28-14-12-27(13-15-28)16-19-6-4-3-5-7-19/h3-11H,2,12-17H2,1H3,(H,24,25,26). The summed E-state index contributed by atoms with van der Waals surface area (Å²) in [6, 6.07) is 18.8. The highest BCUT2D eigenvalue weighted by Crippen LogP contribution is 2.20. The second kappa shape index (κ2) is 9.91. The third kappa shape index (κ3) is 5.29. The number of carbonyl (C=O) groups is 1. The van der Waals surface area contributed by atoms with Crippen molar-refractivity contribution in [2.75, 3.05) is 31.9 Å². The van der Waals surface area contributed by atoms with Gasteiger partial charge in [0.15, 0.2) is 5.82 Å². The van der Waals surface area contributed by atoms with Gasteiger partial charge in [0.2, 0.25) is 11.1 Å². The lowest BCUT2D eigenvalue weighted by Crippen LogP contribution is -2.48. The fourth-order valence-corrected chi connectivity index (χ4v) is 4.25. The van der Waals surface area contributed by atoms with Crippen LogP contribution in [0.4, 0.5) is 0 Å². The average Bonchev–Trinajstić information content (AvgIpc) is 3.28. The van der Waals surface area contributed by atoms with Crippen LogP contribution in [-0.2, 0) is 17.8 Å². The Balaban J connectivity index is 1.24. The number of rotatable bonds is 7. The maximum atomic E-state index is 12.6. The zero-order valence-electron chi connectivity index (χ0n) is 17.3. The molecule has 30 heavy (non-hydrogen) atoms. The molecule has 1 aliphatic rings. The number of thioether (sulfide) groups is 1. The summed E-state index contributed by atoms with van der Waals surface area (Å²) in [5.74, 6) is 1.25. The van der Waals surface area contributed by atoms with Crippen molar-refractivity contribution in [3.8, 4) is 11.4 Å². The minimum atomic E-state index is 0.151. The van der Waals surface area contributed by atoms with Gasteiger partial charge in [0.25, 0.3) is 0 Å². The van der Waals surface area contributed by atoms with E-state index in [-0.39, 0.29) is 5.91 Å². The maximum Gasteiger partial charge on any atom is 0.233 e. The van der Waals surface area contributed by atoms with E-state index < -0.39 is 0 Å². The summed E-state index contributed by atoms with van der Waals surface area (Å²) in [7, 11) is 0. The van der Waals surface area contributed by atoms with Crippen molar-refractivity contribution < 1.29 is 4.79 Å². The number of carbonyl (C=O) groups excluding carboxylic acids is 1. The number of aromatic amines is 1. The molecule has 1 aromatic heterocycles. The van der Waals surface area contributed by atoms with Crippen molar-refractivity contribution in [3.05, 3.63) is 65.7 Å². The molecule has 7 heteroatoms. The fourth-order valence-electron chi connectivity index (χ4n) is 3.55. The molecule has 3 aromatic rings. The van der Waals surface area contributed by atoms with Crippen LogP contribution < -0.4 is 0 Å². The Kier molecular flexibility index (Phi) is 6.81. The predicted molar refractivity (Wildman–Crippen MR) is 120 cm³/mol. The lowest BCUT2D eigenvalue weighted by atomic mass is 10.1. The highest BCUT2D eigenvalue weighted by atomic mass is 32.2. The van der Waals surface area contributed by atoms with Crippen molar-refractivity contribution in [2.24, 2.45) is 0 Å². The molecule has 0 bridgehead atoms. The molecule has 1 N–H and O–H groups in total. The van der Waals surface area contributed by atoms with Crippen LogP contribution in [0.5, 0.6) is 0 Å². The zero-order chi connectivity index (χ0) is 20.8. The monoisotopic (exact) mass is 421 g/mol. The van der Waals surface area contributed by atoms with Gasteiger partial charge >= 0.3 is 0 Å². The van der Waals surface area contributed by atoms with Crippen LogP contribution in [-0.4, -0.2) is 62.8 Å². The van der Waals surface area contributed by atoms with Crippen LogP contribution in [0.15, 0.2) is 59.8 Å². The molecule has 2 aromatic carbocycles. The molecule has 2 heterocycles. The number of amides is 1.